The van der Waals surface area contributed by atoms with Gasteiger partial charge in [-0.15, -0.1) is 0 Å². The van der Waals surface area contributed by atoms with Gasteiger partial charge in [0.2, 0.25) is 0 Å². The minimum Gasteiger partial charge on any atom is -0.492 e. The van der Waals surface area contributed by atoms with E-state index < -0.39 is 0 Å². The molecule has 0 amide bonds. The van der Waals surface area contributed by atoms with E-state index >= 15 is 0 Å². The van der Waals surface area contributed by atoms with Gasteiger partial charge < -0.3 is 10.1 Å². The van der Waals surface area contributed by atoms with Crippen LogP contribution < -0.4 is 10.1 Å². The summed E-state index contributed by atoms with van der Waals surface area (Å²) < 4.78 is 6.67. The summed E-state index contributed by atoms with van der Waals surface area (Å²) in [6, 6.07) is 8.09. The summed E-state index contributed by atoms with van der Waals surface area (Å²) >= 11 is 3.56. The third-order valence-electron chi connectivity index (χ3n) is 3.52. The minimum atomic E-state index is 0.108. The molecule has 0 saturated carbocycles. The maximum atomic E-state index is 5.73. The molecule has 2 heterocycles. The van der Waals surface area contributed by atoms with Crippen LogP contribution in [0.5, 0.6) is 5.75 Å². The van der Waals surface area contributed by atoms with Gasteiger partial charge in [0.15, 0.2) is 0 Å². The van der Waals surface area contributed by atoms with Crippen molar-refractivity contribution in [1.82, 2.24) is 9.97 Å². The third-order valence-corrected chi connectivity index (χ3v) is 4.35. The van der Waals surface area contributed by atoms with Crippen LogP contribution in [0.3, 0.4) is 0 Å². The fraction of sp³-hybridized carbons (Fsp3) is 0.333. The number of para-hydroxylation sites is 1. The monoisotopic (exact) mass is 333 g/mol. The molecule has 0 spiro atoms. The molecule has 104 valence electrons. The number of nitrogens with zero attached hydrogens (tertiary/aromatic N) is 2. The molecule has 1 aromatic heterocycles. The zero-order valence-corrected chi connectivity index (χ0v) is 13.1. The molecular formula is C15H16BrN3O. The molecule has 20 heavy (non-hydrogen) atoms. The first kappa shape index (κ1) is 13.4. The Hall–Kier alpha value is -1.62. The van der Waals surface area contributed by atoms with E-state index in [2.05, 4.69) is 39.2 Å². The van der Waals surface area contributed by atoms with Crippen LogP contribution in [0.15, 0.2) is 28.7 Å². The second kappa shape index (κ2) is 5.40. The van der Waals surface area contributed by atoms with Crippen LogP contribution in [0.2, 0.25) is 0 Å². The van der Waals surface area contributed by atoms with Crippen molar-refractivity contribution in [3.8, 4) is 5.75 Å². The predicted molar refractivity (Wildman–Crippen MR) is 82.4 cm³/mol. The quantitative estimate of drug-likeness (QED) is 0.935. The summed E-state index contributed by atoms with van der Waals surface area (Å²) in [7, 11) is 1.87. The highest BCUT2D eigenvalue weighted by Gasteiger charge is 2.28. The summed E-state index contributed by atoms with van der Waals surface area (Å²) in [5.74, 6) is 2.69. The fourth-order valence-corrected chi connectivity index (χ4v) is 3.10. The Labute approximate surface area is 126 Å². The van der Waals surface area contributed by atoms with E-state index in [-0.39, 0.29) is 5.92 Å². The first-order valence-corrected chi connectivity index (χ1v) is 7.49. The van der Waals surface area contributed by atoms with Crippen LogP contribution in [-0.4, -0.2) is 23.6 Å². The first-order chi connectivity index (χ1) is 9.74. The average molecular weight is 334 g/mol. The maximum Gasteiger partial charge on any atom is 0.144 e. The molecule has 1 unspecified atom stereocenters. The van der Waals surface area contributed by atoms with Crippen LogP contribution in [0.1, 0.15) is 29.9 Å². The second-order valence-electron chi connectivity index (χ2n) is 4.70. The summed E-state index contributed by atoms with van der Waals surface area (Å²) in [4.78, 5) is 9.33. The van der Waals surface area contributed by atoms with Gasteiger partial charge in [-0.2, -0.15) is 0 Å². The summed E-state index contributed by atoms with van der Waals surface area (Å²) in [5, 5.41) is 3.12. The highest BCUT2D eigenvalue weighted by atomic mass is 79.9. The summed E-state index contributed by atoms with van der Waals surface area (Å²) in [6.45, 7) is 2.70. The number of fused-ring (bicyclic) bond motifs is 1. The normalized spacial score (nSPS) is 16.6. The lowest BCUT2D eigenvalue weighted by Gasteiger charge is -2.13. The standard InChI is InChI=1S/C15H16BrN3O/c1-3-11-13(16)15(17-2)19-14(18-11)10-8-20-12-7-5-4-6-9(10)12/h4-7,10H,3,8H2,1-2H3,(H,17,18,19). The lowest BCUT2D eigenvalue weighted by Crippen LogP contribution is -2.12. The van der Waals surface area contributed by atoms with Crippen molar-refractivity contribution in [2.24, 2.45) is 0 Å². The summed E-state index contributed by atoms with van der Waals surface area (Å²) in [5.41, 5.74) is 2.18. The van der Waals surface area contributed by atoms with Crippen molar-refractivity contribution in [3.63, 3.8) is 0 Å². The van der Waals surface area contributed by atoms with Crippen LogP contribution in [0.4, 0.5) is 5.82 Å². The molecule has 0 radical (unpaired) electrons. The van der Waals surface area contributed by atoms with E-state index in [1.165, 1.54) is 5.56 Å². The lowest BCUT2D eigenvalue weighted by molar-refractivity contribution is 0.339. The molecule has 2 aromatic rings. The molecule has 0 saturated heterocycles. The van der Waals surface area contributed by atoms with Gasteiger partial charge in [0.1, 0.15) is 24.0 Å². The van der Waals surface area contributed by atoms with Gasteiger partial charge in [0, 0.05) is 12.6 Å². The van der Waals surface area contributed by atoms with Crippen molar-refractivity contribution in [1.29, 1.82) is 0 Å². The van der Waals surface area contributed by atoms with Crippen LogP contribution in [0.25, 0.3) is 0 Å². The molecule has 0 bridgehead atoms. The number of ether oxygens (including phenoxy) is 1. The number of hydrogen-bond donors (Lipinski definition) is 1. The molecule has 0 fully saturated rings. The highest BCUT2D eigenvalue weighted by molar-refractivity contribution is 9.10. The third kappa shape index (κ3) is 2.16. The van der Waals surface area contributed by atoms with Gasteiger partial charge in [-0.05, 0) is 28.4 Å². The van der Waals surface area contributed by atoms with Gasteiger partial charge in [0.05, 0.1) is 16.1 Å². The van der Waals surface area contributed by atoms with E-state index in [9.17, 15) is 0 Å². The Morgan fingerprint density at radius 3 is 2.90 bits per heavy atom. The zero-order valence-electron chi connectivity index (χ0n) is 11.5. The molecule has 4 nitrogen and oxygen atoms in total. The zero-order chi connectivity index (χ0) is 14.1. The number of benzene rings is 1. The number of halogens is 1. The molecule has 3 rings (SSSR count). The number of hydrogen-bond acceptors (Lipinski definition) is 4. The van der Waals surface area contributed by atoms with Crippen LogP contribution in [0, 0.1) is 0 Å². The van der Waals surface area contributed by atoms with E-state index in [1.54, 1.807) is 0 Å². The van der Waals surface area contributed by atoms with Gasteiger partial charge in [-0.25, -0.2) is 9.97 Å². The van der Waals surface area contributed by atoms with E-state index in [4.69, 9.17) is 9.72 Å². The molecule has 1 aliphatic heterocycles. The van der Waals surface area contributed by atoms with E-state index in [1.807, 2.05) is 25.2 Å². The van der Waals surface area contributed by atoms with Crippen molar-refractivity contribution >= 4 is 21.7 Å². The smallest absolute Gasteiger partial charge is 0.144 e. The Morgan fingerprint density at radius 1 is 1.35 bits per heavy atom. The molecule has 0 aliphatic carbocycles. The van der Waals surface area contributed by atoms with Crippen LogP contribution >= 0.6 is 15.9 Å². The van der Waals surface area contributed by atoms with Crippen molar-refractivity contribution in [3.05, 3.63) is 45.8 Å². The first-order valence-electron chi connectivity index (χ1n) is 6.70. The van der Waals surface area contributed by atoms with Crippen molar-refractivity contribution < 1.29 is 4.74 Å². The van der Waals surface area contributed by atoms with Gasteiger partial charge in [-0.3, -0.25) is 0 Å². The summed E-state index contributed by atoms with van der Waals surface area (Å²) in [6.07, 6.45) is 0.861. The number of nitrogens with one attached hydrogen (secondary N) is 1. The number of aromatic nitrogens is 2. The number of anilines is 1. The van der Waals surface area contributed by atoms with Gasteiger partial charge in [0.25, 0.3) is 0 Å². The molecule has 1 atom stereocenters. The topological polar surface area (TPSA) is 47.0 Å². The molecule has 5 heteroatoms. The Morgan fingerprint density at radius 2 is 2.15 bits per heavy atom. The Balaban J connectivity index is 2.08. The predicted octanol–water partition coefficient (Wildman–Crippen LogP) is 3.37. The molecule has 1 aliphatic rings. The van der Waals surface area contributed by atoms with E-state index in [0.717, 1.165) is 34.0 Å². The van der Waals surface area contributed by atoms with Crippen LogP contribution in [-0.2, 0) is 6.42 Å². The maximum absolute atomic E-state index is 5.73. The second-order valence-corrected chi connectivity index (χ2v) is 5.49. The molecule has 1 aromatic carbocycles. The molecular weight excluding hydrogens is 318 g/mol. The molecule has 1 N–H and O–H groups in total. The Bertz CT molecular complexity index is 620. The number of rotatable bonds is 3. The highest BCUT2D eigenvalue weighted by Crippen LogP contribution is 2.37. The Kier molecular flexibility index (Phi) is 3.61. The van der Waals surface area contributed by atoms with Gasteiger partial charge in [-0.1, -0.05) is 25.1 Å². The number of aryl methyl sites for hydroxylation is 1. The minimum absolute atomic E-state index is 0.108. The van der Waals surface area contributed by atoms with E-state index in [0.29, 0.717) is 6.61 Å². The average Bonchev–Trinajstić information content (AvgIpc) is 2.91. The van der Waals surface area contributed by atoms with Crippen molar-refractivity contribution in [2.45, 2.75) is 19.3 Å². The SMILES string of the molecule is CCc1nc(C2COc3ccccc32)nc(NC)c1Br. The lowest BCUT2D eigenvalue weighted by atomic mass is 10.0. The van der Waals surface area contributed by atoms with Gasteiger partial charge >= 0.3 is 0 Å². The largest absolute Gasteiger partial charge is 0.492 e. The van der Waals surface area contributed by atoms with Crippen molar-refractivity contribution in [2.75, 3.05) is 19.0 Å². The fourth-order valence-electron chi connectivity index (χ4n) is 2.44.